The molecule has 5 heteroatoms. The van der Waals surface area contributed by atoms with Crippen LogP contribution in [0.3, 0.4) is 0 Å². The molecule has 78 valence electrons. The molecular formula is C11H7FN4. The molecule has 0 atom stereocenters. The molecule has 0 fully saturated rings. The van der Waals surface area contributed by atoms with E-state index in [1.807, 2.05) is 6.07 Å². The van der Waals surface area contributed by atoms with E-state index in [4.69, 9.17) is 10.8 Å². The number of nitrogens with zero attached hydrogens (tertiary/aromatic N) is 4. The average Bonchev–Trinajstić information content (AvgIpc) is 2.28. The first-order valence-corrected chi connectivity index (χ1v) is 4.43. The van der Waals surface area contributed by atoms with Crippen LogP contribution in [0.1, 0.15) is 11.1 Å². The summed E-state index contributed by atoms with van der Waals surface area (Å²) >= 11 is 0. The number of hydrogen-bond donors (Lipinski definition) is 0. The van der Waals surface area contributed by atoms with Crippen molar-refractivity contribution in [3.05, 3.63) is 45.6 Å². The summed E-state index contributed by atoms with van der Waals surface area (Å²) in [6.45, 7) is 0.0268. The van der Waals surface area contributed by atoms with Crippen LogP contribution in [0.2, 0.25) is 0 Å². The van der Waals surface area contributed by atoms with Gasteiger partial charge in [-0.25, -0.2) is 4.39 Å². The molecule has 0 radical (unpaired) electrons. The summed E-state index contributed by atoms with van der Waals surface area (Å²) in [7, 11) is 0. The van der Waals surface area contributed by atoms with Crippen molar-refractivity contribution >= 4 is 0 Å². The summed E-state index contributed by atoms with van der Waals surface area (Å²) in [6.07, 6.45) is 0.172. The highest BCUT2D eigenvalue weighted by Gasteiger charge is 2.00. The summed E-state index contributed by atoms with van der Waals surface area (Å²) in [5, 5.41) is 11.8. The molecule has 0 N–H and O–H groups in total. The third-order valence-corrected chi connectivity index (χ3v) is 1.78. The second-order valence-electron chi connectivity index (χ2n) is 2.83. The zero-order chi connectivity index (χ0) is 11.8. The summed E-state index contributed by atoms with van der Waals surface area (Å²) in [4.78, 5) is 2.54. The van der Waals surface area contributed by atoms with Crippen molar-refractivity contribution in [1.29, 1.82) is 5.26 Å². The van der Waals surface area contributed by atoms with Crippen molar-refractivity contribution < 1.29 is 4.39 Å². The fourth-order valence-corrected chi connectivity index (χ4v) is 1.11. The molecule has 0 heterocycles. The van der Waals surface area contributed by atoms with E-state index in [0.717, 1.165) is 0 Å². The van der Waals surface area contributed by atoms with Gasteiger partial charge in [0, 0.05) is 10.5 Å². The lowest BCUT2D eigenvalue weighted by molar-refractivity contribution is 0.627. The Morgan fingerprint density at radius 2 is 2.31 bits per heavy atom. The molecule has 0 saturated heterocycles. The standard InChI is InChI=1S/C11H7FN4/c12-11-4-3-9(5-6-13)10(8-11)2-1-7-15-16-14/h3-4,8H,5,7H2. The molecule has 16 heavy (non-hydrogen) atoms. The monoisotopic (exact) mass is 214 g/mol. The second kappa shape index (κ2) is 6.08. The van der Waals surface area contributed by atoms with Crippen LogP contribution in [-0.4, -0.2) is 6.54 Å². The Morgan fingerprint density at radius 3 is 3.00 bits per heavy atom. The number of benzene rings is 1. The van der Waals surface area contributed by atoms with E-state index in [2.05, 4.69) is 21.9 Å². The smallest absolute Gasteiger partial charge is 0.124 e. The van der Waals surface area contributed by atoms with Gasteiger partial charge in [-0.3, -0.25) is 0 Å². The molecule has 0 aromatic heterocycles. The van der Waals surface area contributed by atoms with Crippen molar-refractivity contribution in [1.82, 2.24) is 0 Å². The molecule has 1 aromatic rings. The molecule has 0 aliphatic rings. The third-order valence-electron chi connectivity index (χ3n) is 1.78. The first kappa shape index (κ1) is 11.6. The summed E-state index contributed by atoms with van der Waals surface area (Å²) in [5.74, 6) is 4.84. The highest BCUT2D eigenvalue weighted by Crippen LogP contribution is 2.10. The molecule has 4 nitrogen and oxygen atoms in total. The molecule has 0 aliphatic heterocycles. The largest absolute Gasteiger partial charge is 0.207 e. The van der Waals surface area contributed by atoms with Gasteiger partial charge in [-0.2, -0.15) is 5.26 Å². The van der Waals surface area contributed by atoms with Gasteiger partial charge >= 0.3 is 0 Å². The Balaban J connectivity index is 2.99. The Labute approximate surface area is 91.9 Å². The van der Waals surface area contributed by atoms with E-state index in [0.29, 0.717) is 11.1 Å². The van der Waals surface area contributed by atoms with E-state index in [9.17, 15) is 4.39 Å². The predicted octanol–water partition coefficient (Wildman–Crippen LogP) is 2.55. The molecule has 0 unspecified atom stereocenters. The predicted molar refractivity (Wildman–Crippen MR) is 56.6 cm³/mol. The van der Waals surface area contributed by atoms with Crippen LogP contribution in [0, 0.1) is 29.0 Å². The molecular weight excluding hydrogens is 207 g/mol. The Morgan fingerprint density at radius 1 is 1.50 bits per heavy atom. The highest BCUT2D eigenvalue weighted by molar-refractivity contribution is 5.43. The number of azide groups is 1. The minimum atomic E-state index is -0.408. The summed E-state index contributed by atoms with van der Waals surface area (Å²) < 4.78 is 12.9. The van der Waals surface area contributed by atoms with Crippen LogP contribution in [0.15, 0.2) is 23.3 Å². The lowest BCUT2D eigenvalue weighted by atomic mass is 10.1. The Hall–Kier alpha value is -2.49. The topological polar surface area (TPSA) is 72.5 Å². The molecule has 0 saturated carbocycles. The number of rotatable bonds is 2. The highest BCUT2D eigenvalue weighted by atomic mass is 19.1. The number of halogens is 1. The van der Waals surface area contributed by atoms with Crippen molar-refractivity contribution in [3.8, 4) is 17.9 Å². The van der Waals surface area contributed by atoms with Crippen LogP contribution in [0.25, 0.3) is 10.4 Å². The van der Waals surface area contributed by atoms with Crippen molar-refractivity contribution in [2.75, 3.05) is 6.54 Å². The quantitative estimate of drug-likeness (QED) is 0.322. The van der Waals surface area contributed by atoms with Gasteiger partial charge in [0.1, 0.15) is 5.82 Å². The zero-order valence-electron chi connectivity index (χ0n) is 8.31. The summed E-state index contributed by atoms with van der Waals surface area (Å²) in [6, 6.07) is 6.04. The van der Waals surface area contributed by atoms with Gasteiger partial charge in [0.15, 0.2) is 0 Å². The SMILES string of the molecule is N#CCc1ccc(F)cc1C#CCN=[N+]=[N-]. The molecule has 0 bridgehead atoms. The van der Waals surface area contributed by atoms with Gasteiger partial charge in [-0.1, -0.05) is 23.0 Å². The maximum absolute atomic E-state index is 12.9. The van der Waals surface area contributed by atoms with Crippen LogP contribution in [0.4, 0.5) is 4.39 Å². The van der Waals surface area contributed by atoms with E-state index in [1.54, 1.807) is 0 Å². The lowest BCUT2D eigenvalue weighted by Crippen LogP contribution is -1.90. The second-order valence-corrected chi connectivity index (χ2v) is 2.83. The molecule has 0 spiro atoms. The van der Waals surface area contributed by atoms with Crippen LogP contribution >= 0.6 is 0 Å². The van der Waals surface area contributed by atoms with E-state index >= 15 is 0 Å². The minimum absolute atomic E-state index is 0.0268. The lowest BCUT2D eigenvalue weighted by Gasteiger charge is -1.99. The van der Waals surface area contributed by atoms with Gasteiger partial charge < -0.3 is 0 Å². The van der Waals surface area contributed by atoms with Gasteiger partial charge in [0.2, 0.25) is 0 Å². The first-order chi connectivity index (χ1) is 7.77. The zero-order valence-corrected chi connectivity index (χ0v) is 8.31. The normalized spacial score (nSPS) is 8.25. The molecule has 1 aromatic carbocycles. The van der Waals surface area contributed by atoms with Crippen molar-refractivity contribution in [2.45, 2.75) is 6.42 Å². The van der Waals surface area contributed by atoms with Crippen molar-refractivity contribution in [3.63, 3.8) is 0 Å². The van der Waals surface area contributed by atoms with Gasteiger partial charge in [0.05, 0.1) is 19.0 Å². The molecule has 1 rings (SSSR count). The van der Waals surface area contributed by atoms with Crippen LogP contribution in [0.5, 0.6) is 0 Å². The number of hydrogen-bond acceptors (Lipinski definition) is 2. The van der Waals surface area contributed by atoms with Crippen LogP contribution < -0.4 is 0 Å². The molecule has 0 amide bonds. The Bertz CT molecular complexity index is 527. The maximum atomic E-state index is 12.9. The third kappa shape index (κ3) is 3.34. The van der Waals surface area contributed by atoms with Gasteiger partial charge in [-0.05, 0) is 23.2 Å². The first-order valence-electron chi connectivity index (χ1n) is 4.43. The fourth-order valence-electron chi connectivity index (χ4n) is 1.11. The van der Waals surface area contributed by atoms with E-state index < -0.39 is 5.82 Å². The Kier molecular flexibility index (Phi) is 4.40. The van der Waals surface area contributed by atoms with Crippen LogP contribution in [-0.2, 0) is 6.42 Å². The average molecular weight is 214 g/mol. The van der Waals surface area contributed by atoms with Crippen molar-refractivity contribution in [2.24, 2.45) is 5.11 Å². The van der Waals surface area contributed by atoms with Gasteiger partial charge in [-0.15, -0.1) is 0 Å². The van der Waals surface area contributed by atoms with E-state index in [1.165, 1.54) is 18.2 Å². The number of nitriles is 1. The minimum Gasteiger partial charge on any atom is -0.207 e. The maximum Gasteiger partial charge on any atom is 0.124 e. The molecule has 0 aliphatic carbocycles. The fraction of sp³-hybridized carbons (Fsp3) is 0.182. The summed E-state index contributed by atoms with van der Waals surface area (Å²) in [5.41, 5.74) is 9.15. The van der Waals surface area contributed by atoms with Gasteiger partial charge in [0.25, 0.3) is 0 Å². The van der Waals surface area contributed by atoms with E-state index in [-0.39, 0.29) is 13.0 Å².